The first-order chi connectivity index (χ1) is 17.5. The second kappa shape index (κ2) is 11.4. The van der Waals surface area contributed by atoms with Gasteiger partial charge in [-0.2, -0.15) is 4.31 Å². The van der Waals surface area contributed by atoms with Crippen molar-refractivity contribution in [3.8, 4) is 0 Å². The van der Waals surface area contributed by atoms with Crippen LogP contribution < -0.4 is 10.6 Å². The number of aromatic nitrogens is 1. The van der Waals surface area contributed by atoms with Crippen LogP contribution >= 0.6 is 22.7 Å². The van der Waals surface area contributed by atoms with Crippen LogP contribution in [0, 0.1) is 11.8 Å². The summed E-state index contributed by atoms with van der Waals surface area (Å²) in [7, 11) is -3.95. The van der Waals surface area contributed by atoms with Gasteiger partial charge in [0.2, 0.25) is 5.91 Å². The number of nitrogens with zero attached hydrogens (tertiary/aromatic N) is 2. The molecular weight excluding hydrogens is 532 g/mol. The van der Waals surface area contributed by atoms with Crippen LogP contribution in [0.25, 0.3) is 9.40 Å². The molecule has 0 saturated carbocycles. The van der Waals surface area contributed by atoms with Crippen LogP contribution in [-0.2, 0) is 19.6 Å². The van der Waals surface area contributed by atoms with E-state index in [1.165, 1.54) is 23.6 Å². The summed E-state index contributed by atoms with van der Waals surface area (Å²) in [5, 5.41) is 7.48. The summed E-state index contributed by atoms with van der Waals surface area (Å²) in [6.45, 7) is 5.52. The summed E-state index contributed by atoms with van der Waals surface area (Å²) in [5.74, 6) is -1.25. The fraction of sp³-hybridized carbons (Fsp3) is 0.440. The van der Waals surface area contributed by atoms with E-state index in [2.05, 4.69) is 15.6 Å². The van der Waals surface area contributed by atoms with Gasteiger partial charge in [-0.1, -0.05) is 26.8 Å². The zero-order chi connectivity index (χ0) is 26.7. The molecule has 9 nitrogen and oxygen atoms in total. The molecule has 4 rings (SSSR count). The van der Waals surface area contributed by atoms with Crippen molar-refractivity contribution >= 4 is 59.7 Å². The van der Waals surface area contributed by atoms with Crippen LogP contribution in [0.3, 0.4) is 0 Å². The molecule has 2 N–H and O–H groups in total. The third kappa shape index (κ3) is 6.43. The van der Waals surface area contributed by atoms with E-state index in [0.717, 1.165) is 13.7 Å². The molecular formula is C25H30N4O5S3. The normalized spacial score (nSPS) is 20.1. The lowest BCUT2D eigenvalue weighted by Crippen LogP contribution is -2.52. The molecule has 0 aliphatic carbocycles. The zero-order valence-electron chi connectivity index (χ0n) is 20.8. The molecule has 198 valence electrons. The van der Waals surface area contributed by atoms with Crippen LogP contribution in [-0.4, -0.2) is 60.5 Å². The van der Waals surface area contributed by atoms with E-state index in [4.69, 9.17) is 0 Å². The number of thiophene rings is 2. The van der Waals surface area contributed by atoms with Crippen LogP contribution in [0.2, 0.25) is 0 Å². The fourth-order valence-corrected chi connectivity index (χ4v) is 7.81. The molecule has 1 aliphatic heterocycles. The SMILES string of the molecule is CC(C)C[C@H](NC(=O)c1cc2sccc2s1)C(=O)NC1CC(C)CN(S(=O)(=O)c2ccccn2)CC1=O. The molecule has 3 aromatic rings. The zero-order valence-corrected chi connectivity index (χ0v) is 23.3. The summed E-state index contributed by atoms with van der Waals surface area (Å²) < 4.78 is 29.3. The van der Waals surface area contributed by atoms with Crippen molar-refractivity contribution in [3.63, 3.8) is 0 Å². The quantitative estimate of drug-likeness (QED) is 0.434. The number of Topliss-reactive ketones (excluding diaryl/α,β-unsaturated/α-hetero) is 1. The van der Waals surface area contributed by atoms with E-state index in [1.54, 1.807) is 23.5 Å². The van der Waals surface area contributed by atoms with Gasteiger partial charge >= 0.3 is 0 Å². The number of sulfonamides is 1. The molecule has 12 heteroatoms. The molecule has 0 aromatic carbocycles. The Bertz CT molecular complexity index is 1350. The minimum Gasteiger partial charge on any atom is -0.344 e. The highest BCUT2D eigenvalue weighted by molar-refractivity contribution is 7.89. The first-order valence-electron chi connectivity index (χ1n) is 12.1. The summed E-state index contributed by atoms with van der Waals surface area (Å²) >= 11 is 2.92. The number of amides is 2. The molecule has 2 unspecified atom stereocenters. The van der Waals surface area contributed by atoms with E-state index in [9.17, 15) is 22.8 Å². The second-order valence-corrected chi connectivity index (χ2v) is 13.7. The molecule has 4 heterocycles. The topological polar surface area (TPSA) is 126 Å². The Morgan fingerprint density at radius 1 is 1.22 bits per heavy atom. The van der Waals surface area contributed by atoms with Crippen molar-refractivity contribution in [1.29, 1.82) is 0 Å². The maximum absolute atomic E-state index is 13.3. The lowest BCUT2D eigenvalue weighted by atomic mass is 9.98. The van der Waals surface area contributed by atoms with Crippen LogP contribution in [0.1, 0.15) is 43.3 Å². The highest BCUT2D eigenvalue weighted by Gasteiger charge is 2.37. The standard InChI is InChI=1S/C25H30N4O5S3/c1-15(2)10-18(28-25(32)22-12-21-20(36-22)7-9-35-21)24(31)27-17-11-16(3)13-29(14-19(17)30)37(33,34)23-6-4-5-8-26-23/h4-9,12,15-18H,10-11,13-14H2,1-3H3,(H,27,31)(H,28,32)/t16?,17?,18-/m0/s1. The lowest BCUT2D eigenvalue weighted by Gasteiger charge is -2.23. The molecule has 1 fully saturated rings. The molecule has 2 amide bonds. The monoisotopic (exact) mass is 562 g/mol. The molecule has 3 aromatic heterocycles. The van der Waals surface area contributed by atoms with Crippen LogP contribution in [0.4, 0.5) is 0 Å². The molecule has 0 radical (unpaired) electrons. The second-order valence-electron chi connectivity index (χ2n) is 9.75. The number of hydrogen-bond acceptors (Lipinski definition) is 8. The number of rotatable bonds is 8. The summed E-state index contributed by atoms with van der Waals surface area (Å²) in [4.78, 5) is 43.8. The number of nitrogens with one attached hydrogen (secondary N) is 2. The molecule has 0 spiro atoms. The minimum atomic E-state index is -3.95. The molecule has 0 bridgehead atoms. The van der Waals surface area contributed by atoms with E-state index in [1.807, 2.05) is 38.3 Å². The maximum atomic E-state index is 13.3. The first-order valence-corrected chi connectivity index (χ1v) is 15.2. The maximum Gasteiger partial charge on any atom is 0.262 e. The Hall–Kier alpha value is -2.67. The molecule has 1 saturated heterocycles. The van der Waals surface area contributed by atoms with Crippen LogP contribution in [0.5, 0.6) is 0 Å². The van der Waals surface area contributed by atoms with Crippen molar-refractivity contribution < 1.29 is 22.8 Å². The Kier molecular flexibility index (Phi) is 8.42. The van der Waals surface area contributed by atoms with Crippen molar-refractivity contribution in [2.24, 2.45) is 11.8 Å². The number of fused-ring (bicyclic) bond motifs is 1. The van der Waals surface area contributed by atoms with Gasteiger partial charge in [-0.25, -0.2) is 13.4 Å². The smallest absolute Gasteiger partial charge is 0.262 e. The van der Waals surface area contributed by atoms with Gasteiger partial charge in [-0.15, -0.1) is 22.7 Å². The summed E-state index contributed by atoms with van der Waals surface area (Å²) in [5.41, 5.74) is 0. The van der Waals surface area contributed by atoms with E-state index in [-0.39, 0.29) is 35.9 Å². The van der Waals surface area contributed by atoms with E-state index >= 15 is 0 Å². The third-order valence-corrected chi connectivity index (χ3v) is 9.94. The number of hydrogen-bond donors (Lipinski definition) is 2. The van der Waals surface area contributed by atoms with E-state index < -0.39 is 33.8 Å². The Morgan fingerprint density at radius 2 is 2.00 bits per heavy atom. The Labute approximate surface area is 224 Å². The fourth-order valence-electron chi connectivity index (χ4n) is 4.34. The number of carbonyl (C=O) groups excluding carboxylic acids is 3. The van der Waals surface area contributed by atoms with Crippen molar-refractivity contribution in [2.45, 2.75) is 50.7 Å². The predicted molar refractivity (Wildman–Crippen MR) is 144 cm³/mol. The van der Waals surface area contributed by atoms with Gasteiger partial charge in [0.1, 0.15) is 6.04 Å². The lowest BCUT2D eigenvalue weighted by molar-refractivity contribution is -0.129. The third-order valence-electron chi connectivity index (χ3n) is 6.12. The average Bonchev–Trinajstić information content (AvgIpc) is 3.42. The Balaban J connectivity index is 1.46. The number of pyridine rings is 1. The number of ketones is 1. The highest BCUT2D eigenvalue weighted by atomic mass is 32.2. The summed E-state index contributed by atoms with van der Waals surface area (Å²) in [6, 6.07) is 6.68. The molecule has 37 heavy (non-hydrogen) atoms. The van der Waals surface area contributed by atoms with Gasteiger partial charge in [-0.05, 0) is 54.3 Å². The van der Waals surface area contributed by atoms with Gasteiger partial charge in [-0.3, -0.25) is 14.4 Å². The average molecular weight is 563 g/mol. The highest BCUT2D eigenvalue weighted by Crippen LogP contribution is 2.30. The molecule has 3 atom stereocenters. The van der Waals surface area contributed by atoms with Crippen molar-refractivity contribution in [3.05, 3.63) is 46.8 Å². The largest absolute Gasteiger partial charge is 0.344 e. The van der Waals surface area contributed by atoms with Crippen LogP contribution in [0.15, 0.2) is 46.9 Å². The van der Waals surface area contributed by atoms with E-state index in [0.29, 0.717) is 17.7 Å². The Morgan fingerprint density at radius 3 is 2.68 bits per heavy atom. The van der Waals surface area contributed by atoms with Gasteiger partial charge in [0.15, 0.2) is 10.8 Å². The van der Waals surface area contributed by atoms with Crippen molar-refractivity contribution in [1.82, 2.24) is 19.9 Å². The van der Waals surface area contributed by atoms with Gasteiger partial charge in [0.05, 0.1) is 17.5 Å². The van der Waals surface area contributed by atoms with Crippen molar-refractivity contribution in [2.75, 3.05) is 13.1 Å². The summed E-state index contributed by atoms with van der Waals surface area (Å²) in [6.07, 6.45) is 2.08. The predicted octanol–water partition coefficient (Wildman–Crippen LogP) is 3.29. The van der Waals surface area contributed by atoms with Gasteiger partial charge in [0.25, 0.3) is 15.9 Å². The minimum absolute atomic E-state index is 0.116. The first kappa shape index (κ1) is 27.4. The number of carbonyl (C=O) groups is 3. The van der Waals surface area contributed by atoms with Gasteiger partial charge < -0.3 is 10.6 Å². The molecule has 1 aliphatic rings. The van der Waals surface area contributed by atoms with Gasteiger partial charge in [0, 0.05) is 22.1 Å².